The van der Waals surface area contributed by atoms with Gasteiger partial charge in [0, 0.05) is 36.4 Å². The third-order valence-corrected chi connectivity index (χ3v) is 5.79. The molecule has 0 radical (unpaired) electrons. The topological polar surface area (TPSA) is 81.9 Å². The van der Waals surface area contributed by atoms with Gasteiger partial charge in [0.05, 0.1) is 19.2 Å². The van der Waals surface area contributed by atoms with E-state index in [0.29, 0.717) is 18.0 Å². The van der Waals surface area contributed by atoms with Crippen LogP contribution in [0, 0.1) is 6.92 Å². The molecule has 0 unspecified atom stereocenters. The fourth-order valence-corrected chi connectivity index (χ4v) is 4.07. The van der Waals surface area contributed by atoms with E-state index in [1.165, 1.54) is 0 Å². The van der Waals surface area contributed by atoms with E-state index in [1.54, 1.807) is 31.1 Å². The molecule has 3 heterocycles. The molecule has 0 saturated carbocycles. The summed E-state index contributed by atoms with van der Waals surface area (Å²) in [5.74, 6) is 1.37. The molecule has 164 valence electrons. The molecule has 33 heavy (non-hydrogen) atoms. The van der Waals surface area contributed by atoms with Gasteiger partial charge >= 0.3 is 0 Å². The predicted molar refractivity (Wildman–Crippen MR) is 131 cm³/mol. The maximum atomic E-state index is 13.3. The highest BCUT2D eigenvalue weighted by molar-refractivity contribution is 5.97. The zero-order valence-corrected chi connectivity index (χ0v) is 18.7. The Labute approximate surface area is 190 Å². The zero-order valence-electron chi connectivity index (χ0n) is 18.7. The van der Waals surface area contributed by atoms with E-state index in [1.807, 2.05) is 55.6 Å². The fourth-order valence-electron chi connectivity index (χ4n) is 4.07. The number of nitrogens with zero attached hydrogens (tertiary/aromatic N) is 4. The summed E-state index contributed by atoms with van der Waals surface area (Å²) in [6.07, 6.45) is 5.41. The van der Waals surface area contributed by atoms with Crippen molar-refractivity contribution >= 4 is 27.8 Å². The predicted octanol–water partition coefficient (Wildman–Crippen LogP) is 4.41. The van der Waals surface area contributed by atoms with Crippen LogP contribution in [0.25, 0.3) is 32.9 Å². The van der Waals surface area contributed by atoms with E-state index in [2.05, 4.69) is 26.3 Å². The van der Waals surface area contributed by atoms with Gasteiger partial charge < -0.3 is 14.6 Å². The molecule has 7 nitrogen and oxygen atoms in total. The highest BCUT2D eigenvalue weighted by Crippen LogP contribution is 2.31. The molecule has 0 atom stereocenters. The second-order valence-corrected chi connectivity index (χ2v) is 7.89. The van der Waals surface area contributed by atoms with Crippen LogP contribution >= 0.6 is 0 Å². The van der Waals surface area contributed by atoms with Crippen LogP contribution in [-0.4, -0.2) is 33.7 Å². The number of ether oxygens (including phenoxy) is 1. The Balaban J connectivity index is 1.60. The van der Waals surface area contributed by atoms with Crippen molar-refractivity contribution in [1.82, 2.24) is 19.5 Å². The smallest absolute Gasteiger partial charge is 0.277 e. The van der Waals surface area contributed by atoms with Crippen molar-refractivity contribution in [3.8, 4) is 16.9 Å². The number of aromatic nitrogens is 4. The Bertz CT molecular complexity index is 1540. The molecule has 0 spiro atoms. The molecule has 2 aromatic carbocycles. The van der Waals surface area contributed by atoms with Crippen molar-refractivity contribution in [2.75, 3.05) is 19.5 Å². The van der Waals surface area contributed by atoms with Gasteiger partial charge in [-0.3, -0.25) is 9.78 Å². The van der Waals surface area contributed by atoms with Crippen LogP contribution in [0.15, 0.2) is 71.9 Å². The number of aryl methyl sites for hydroxylation is 1. The first-order valence-electron chi connectivity index (χ1n) is 10.6. The largest absolute Gasteiger partial charge is 0.497 e. The molecular weight excluding hydrogens is 414 g/mol. The lowest BCUT2D eigenvalue weighted by Gasteiger charge is -2.13. The van der Waals surface area contributed by atoms with Crippen LogP contribution in [0.1, 0.15) is 11.1 Å². The van der Waals surface area contributed by atoms with E-state index >= 15 is 0 Å². The summed E-state index contributed by atoms with van der Waals surface area (Å²) in [5.41, 5.74) is 5.20. The number of rotatable bonds is 5. The fraction of sp³-hybridized carbons (Fsp3) is 0.154. The van der Waals surface area contributed by atoms with Gasteiger partial charge in [0.15, 0.2) is 0 Å². The molecule has 1 N–H and O–H groups in total. The van der Waals surface area contributed by atoms with E-state index in [4.69, 9.17) is 4.74 Å². The maximum Gasteiger partial charge on any atom is 0.277 e. The summed E-state index contributed by atoms with van der Waals surface area (Å²) in [4.78, 5) is 26.6. The Hall–Kier alpha value is -4.26. The summed E-state index contributed by atoms with van der Waals surface area (Å²) in [7, 11) is 3.43. The second-order valence-electron chi connectivity index (χ2n) is 7.89. The molecule has 0 amide bonds. The second kappa shape index (κ2) is 8.35. The molecule has 3 aromatic heterocycles. The van der Waals surface area contributed by atoms with Crippen molar-refractivity contribution < 1.29 is 4.74 Å². The van der Waals surface area contributed by atoms with Crippen molar-refractivity contribution in [2.45, 2.75) is 13.5 Å². The van der Waals surface area contributed by atoms with Crippen LogP contribution in [0.5, 0.6) is 5.75 Å². The number of methoxy groups -OCH3 is 1. The normalized spacial score (nSPS) is 11.1. The van der Waals surface area contributed by atoms with Gasteiger partial charge in [-0.25, -0.2) is 9.97 Å². The van der Waals surface area contributed by atoms with Crippen molar-refractivity contribution in [3.63, 3.8) is 0 Å². The molecule has 7 heteroatoms. The van der Waals surface area contributed by atoms with Crippen LogP contribution in [0.4, 0.5) is 5.95 Å². The minimum Gasteiger partial charge on any atom is -0.497 e. The summed E-state index contributed by atoms with van der Waals surface area (Å²) in [6.45, 7) is 2.47. The monoisotopic (exact) mass is 437 g/mol. The molecule has 0 aliphatic rings. The summed E-state index contributed by atoms with van der Waals surface area (Å²) in [6, 6.07) is 15.7. The Morgan fingerprint density at radius 2 is 1.85 bits per heavy atom. The van der Waals surface area contributed by atoms with Gasteiger partial charge in [0.25, 0.3) is 5.56 Å². The quantitative estimate of drug-likeness (QED) is 0.439. The number of pyridine rings is 2. The van der Waals surface area contributed by atoms with Gasteiger partial charge in [0.2, 0.25) is 5.95 Å². The minimum absolute atomic E-state index is 0.118. The van der Waals surface area contributed by atoms with E-state index in [9.17, 15) is 4.79 Å². The first-order valence-corrected chi connectivity index (χ1v) is 10.6. The Kier molecular flexibility index (Phi) is 5.22. The summed E-state index contributed by atoms with van der Waals surface area (Å²) < 4.78 is 6.90. The Morgan fingerprint density at radius 3 is 2.61 bits per heavy atom. The van der Waals surface area contributed by atoms with E-state index in [-0.39, 0.29) is 5.56 Å². The number of nitrogens with one attached hydrogen (secondary N) is 1. The molecule has 5 aromatic rings. The number of benzene rings is 2. The zero-order chi connectivity index (χ0) is 22.9. The highest BCUT2D eigenvalue weighted by atomic mass is 16.5. The lowest BCUT2D eigenvalue weighted by molar-refractivity contribution is 0.414. The van der Waals surface area contributed by atoms with Crippen LogP contribution < -0.4 is 15.6 Å². The molecule has 5 rings (SSSR count). The number of anilines is 1. The molecule has 0 aliphatic heterocycles. The molecule has 0 saturated heterocycles. The molecular formula is C26H23N5O2. The summed E-state index contributed by atoms with van der Waals surface area (Å²) in [5, 5.41) is 4.72. The average molecular weight is 438 g/mol. The van der Waals surface area contributed by atoms with Gasteiger partial charge in [0.1, 0.15) is 11.3 Å². The summed E-state index contributed by atoms with van der Waals surface area (Å²) >= 11 is 0. The third kappa shape index (κ3) is 3.78. The highest BCUT2D eigenvalue weighted by Gasteiger charge is 2.13. The van der Waals surface area contributed by atoms with Gasteiger partial charge in [-0.15, -0.1) is 0 Å². The first-order chi connectivity index (χ1) is 16.1. The van der Waals surface area contributed by atoms with Crippen molar-refractivity contribution in [1.29, 1.82) is 0 Å². The van der Waals surface area contributed by atoms with Gasteiger partial charge in [-0.05, 0) is 59.5 Å². The SMILES string of the molecule is CNc1ncc2cc(-c3c(C)cnc4c(=O)n(Cc5ccc(OC)cc5)ccc34)ccc2n1. The first kappa shape index (κ1) is 20.6. The standard InChI is InChI=1S/C26H23N5O2/c1-16-13-28-24-21(10-11-31(25(24)32)15-17-4-7-20(33-3)8-5-17)23(16)18-6-9-22-19(12-18)14-29-26(27-2)30-22/h4-14H,15H2,1-3H3,(H,27,29,30). The van der Waals surface area contributed by atoms with E-state index in [0.717, 1.165) is 44.3 Å². The van der Waals surface area contributed by atoms with Gasteiger partial charge in [-0.2, -0.15) is 0 Å². The van der Waals surface area contributed by atoms with Gasteiger partial charge in [-0.1, -0.05) is 18.2 Å². The number of hydrogen-bond acceptors (Lipinski definition) is 6. The molecule has 0 bridgehead atoms. The van der Waals surface area contributed by atoms with Crippen molar-refractivity contribution in [2.24, 2.45) is 0 Å². The lowest BCUT2D eigenvalue weighted by atomic mass is 9.97. The third-order valence-electron chi connectivity index (χ3n) is 5.79. The molecule has 0 aliphatic carbocycles. The Morgan fingerprint density at radius 1 is 1.03 bits per heavy atom. The minimum atomic E-state index is -0.118. The number of hydrogen-bond donors (Lipinski definition) is 1. The maximum absolute atomic E-state index is 13.3. The van der Waals surface area contributed by atoms with Crippen LogP contribution in [0.2, 0.25) is 0 Å². The van der Waals surface area contributed by atoms with Crippen LogP contribution in [-0.2, 0) is 6.54 Å². The lowest BCUT2D eigenvalue weighted by Crippen LogP contribution is -2.21. The average Bonchev–Trinajstić information content (AvgIpc) is 2.85. The number of fused-ring (bicyclic) bond motifs is 2. The molecule has 0 fully saturated rings. The van der Waals surface area contributed by atoms with Crippen molar-refractivity contribution in [3.05, 3.63) is 88.6 Å². The van der Waals surface area contributed by atoms with E-state index < -0.39 is 0 Å². The van der Waals surface area contributed by atoms with Crippen LogP contribution in [0.3, 0.4) is 0 Å².